The second-order valence-corrected chi connectivity index (χ2v) is 19.4. The van der Waals surface area contributed by atoms with E-state index in [4.69, 9.17) is 37.7 Å². The number of hydrogen-bond acceptors (Lipinski definition) is 1. The Morgan fingerprint density at radius 1 is 1.07 bits per heavy atom. The SMILES string of the molecule is CC(C)(C)[Si](C)(C)OCCC[Si](Cl)(Cl)Cl. The molecule has 0 rings (SSSR count). The highest BCUT2D eigenvalue weighted by Crippen LogP contribution is 2.36. The van der Waals surface area contributed by atoms with E-state index in [-0.39, 0.29) is 5.04 Å². The van der Waals surface area contributed by atoms with Gasteiger partial charge in [0.15, 0.2) is 8.32 Å². The first-order valence-electron chi connectivity index (χ1n) is 5.16. The summed E-state index contributed by atoms with van der Waals surface area (Å²) in [6.45, 7) is 11.9. The third-order valence-electron chi connectivity index (χ3n) is 2.87. The summed E-state index contributed by atoms with van der Waals surface area (Å²) >= 11 is 17.4. The van der Waals surface area contributed by atoms with Crippen LogP contribution in [0.1, 0.15) is 27.2 Å². The molecule has 0 saturated carbocycles. The van der Waals surface area contributed by atoms with Crippen LogP contribution in [0.3, 0.4) is 0 Å². The molecule has 0 fully saturated rings. The Morgan fingerprint density at radius 2 is 1.53 bits per heavy atom. The van der Waals surface area contributed by atoms with Gasteiger partial charge in [-0.15, -0.1) is 33.2 Å². The molecule has 0 atom stereocenters. The van der Waals surface area contributed by atoms with Crippen molar-refractivity contribution in [3.8, 4) is 0 Å². The van der Waals surface area contributed by atoms with Gasteiger partial charge in [0.2, 0.25) is 0 Å². The van der Waals surface area contributed by atoms with Crippen molar-refractivity contribution in [3.05, 3.63) is 0 Å². The molecule has 0 unspecified atom stereocenters. The molecular formula is C9H21Cl3OSi2. The van der Waals surface area contributed by atoms with Crippen molar-refractivity contribution >= 4 is 47.6 Å². The van der Waals surface area contributed by atoms with Gasteiger partial charge < -0.3 is 4.43 Å². The van der Waals surface area contributed by atoms with Crippen molar-refractivity contribution in [2.75, 3.05) is 6.61 Å². The lowest BCUT2D eigenvalue weighted by Crippen LogP contribution is -2.41. The van der Waals surface area contributed by atoms with Crippen LogP contribution in [-0.4, -0.2) is 20.9 Å². The van der Waals surface area contributed by atoms with Crippen molar-refractivity contribution in [3.63, 3.8) is 0 Å². The third kappa shape index (κ3) is 7.24. The smallest absolute Gasteiger partial charge is 0.341 e. The fraction of sp³-hybridized carbons (Fsp3) is 1.00. The van der Waals surface area contributed by atoms with Crippen LogP contribution in [0.5, 0.6) is 0 Å². The molecule has 0 aromatic rings. The third-order valence-corrected chi connectivity index (χ3v) is 10.0. The Morgan fingerprint density at radius 3 is 1.87 bits per heavy atom. The minimum atomic E-state index is -2.45. The average molecular weight is 308 g/mol. The maximum absolute atomic E-state index is 5.97. The summed E-state index contributed by atoms with van der Waals surface area (Å²) in [5, 5.41) is 0.254. The number of halogens is 3. The molecular weight excluding hydrogens is 287 g/mol. The van der Waals surface area contributed by atoms with Crippen molar-refractivity contribution in [2.45, 2.75) is 51.4 Å². The number of rotatable bonds is 5. The summed E-state index contributed by atoms with van der Waals surface area (Å²) in [5.74, 6) is 0. The molecule has 0 bridgehead atoms. The Hall–Kier alpha value is 1.26. The molecule has 0 aromatic heterocycles. The lowest BCUT2D eigenvalue weighted by atomic mass is 10.2. The van der Waals surface area contributed by atoms with Gasteiger partial charge in [-0.3, -0.25) is 0 Å². The van der Waals surface area contributed by atoms with Gasteiger partial charge in [0.1, 0.15) is 0 Å². The highest BCUT2D eigenvalue weighted by Gasteiger charge is 2.37. The highest BCUT2D eigenvalue weighted by atomic mass is 35.8. The van der Waals surface area contributed by atoms with Gasteiger partial charge in [-0.2, -0.15) is 0 Å². The van der Waals surface area contributed by atoms with Crippen LogP contribution < -0.4 is 0 Å². The minimum absolute atomic E-state index is 0.254. The van der Waals surface area contributed by atoms with Gasteiger partial charge in [-0.1, -0.05) is 20.8 Å². The lowest BCUT2D eigenvalue weighted by Gasteiger charge is -2.36. The van der Waals surface area contributed by atoms with E-state index in [1.807, 2.05) is 0 Å². The van der Waals surface area contributed by atoms with Gasteiger partial charge in [0.25, 0.3) is 0 Å². The Balaban J connectivity index is 3.87. The molecule has 0 heterocycles. The van der Waals surface area contributed by atoms with Crippen LogP contribution in [0, 0.1) is 0 Å². The molecule has 15 heavy (non-hydrogen) atoms. The zero-order valence-electron chi connectivity index (χ0n) is 10.2. The summed E-state index contributed by atoms with van der Waals surface area (Å²) in [4.78, 5) is 0. The van der Waals surface area contributed by atoms with Crippen molar-refractivity contribution in [2.24, 2.45) is 0 Å². The van der Waals surface area contributed by atoms with E-state index in [0.29, 0.717) is 6.04 Å². The van der Waals surface area contributed by atoms with Crippen LogP contribution >= 0.6 is 33.2 Å². The van der Waals surface area contributed by atoms with Crippen molar-refractivity contribution < 1.29 is 4.43 Å². The molecule has 0 saturated heterocycles. The van der Waals surface area contributed by atoms with Crippen molar-refractivity contribution in [1.82, 2.24) is 0 Å². The zero-order valence-corrected chi connectivity index (χ0v) is 14.4. The molecule has 6 heteroatoms. The first-order chi connectivity index (χ1) is 6.46. The quantitative estimate of drug-likeness (QED) is 0.392. The molecule has 0 aliphatic heterocycles. The predicted octanol–water partition coefficient (Wildman–Crippen LogP) is 5.05. The Kier molecular flexibility index (Phi) is 6.22. The first kappa shape index (κ1) is 16.3. The number of hydrogen-bond donors (Lipinski definition) is 0. The topological polar surface area (TPSA) is 9.23 Å². The molecule has 0 amide bonds. The van der Waals surface area contributed by atoms with Crippen LogP contribution in [0.15, 0.2) is 0 Å². The largest absolute Gasteiger partial charge is 0.417 e. The van der Waals surface area contributed by atoms with Crippen LogP contribution in [0.25, 0.3) is 0 Å². The molecule has 0 radical (unpaired) electrons. The minimum Gasteiger partial charge on any atom is -0.417 e. The van der Waals surface area contributed by atoms with E-state index in [9.17, 15) is 0 Å². The van der Waals surface area contributed by atoms with E-state index in [0.717, 1.165) is 13.0 Å². The van der Waals surface area contributed by atoms with Gasteiger partial charge in [0.05, 0.1) is 0 Å². The maximum atomic E-state index is 5.97. The van der Waals surface area contributed by atoms with Gasteiger partial charge in [-0.05, 0) is 30.6 Å². The van der Waals surface area contributed by atoms with E-state index in [1.165, 1.54) is 0 Å². The van der Waals surface area contributed by atoms with Gasteiger partial charge in [-0.25, -0.2) is 0 Å². The van der Waals surface area contributed by atoms with Crippen molar-refractivity contribution in [1.29, 1.82) is 0 Å². The molecule has 1 nitrogen and oxygen atoms in total. The molecule has 92 valence electrons. The summed E-state index contributed by atoms with van der Waals surface area (Å²) in [6.07, 6.45) is 0.856. The van der Waals surface area contributed by atoms with E-state index >= 15 is 0 Å². The standard InChI is InChI=1S/C9H21Cl3OSi2/c1-9(2,3)14(4,5)13-7-6-8-15(10,11)12/h6-8H2,1-5H3. The fourth-order valence-corrected chi connectivity index (χ4v) is 3.65. The molecule has 0 aliphatic carbocycles. The second kappa shape index (κ2) is 5.74. The van der Waals surface area contributed by atoms with Crippen LogP contribution in [0.4, 0.5) is 0 Å². The average Bonchev–Trinajstić information content (AvgIpc) is 1.94. The highest BCUT2D eigenvalue weighted by molar-refractivity contribution is 7.64. The molecule has 0 spiro atoms. The second-order valence-electron chi connectivity index (χ2n) is 5.33. The summed E-state index contributed by atoms with van der Waals surface area (Å²) in [7, 11) is -1.62. The molecule has 0 aromatic carbocycles. The monoisotopic (exact) mass is 306 g/mol. The van der Waals surface area contributed by atoms with Gasteiger partial charge in [0, 0.05) is 6.61 Å². The van der Waals surface area contributed by atoms with Gasteiger partial charge >= 0.3 is 6.00 Å². The van der Waals surface area contributed by atoms with E-state index in [2.05, 4.69) is 33.9 Å². The van der Waals surface area contributed by atoms with E-state index in [1.54, 1.807) is 0 Å². The molecule has 0 aliphatic rings. The Labute approximate surface area is 110 Å². The predicted molar refractivity (Wildman–Crippen MR) is 75.9 cm³/mol. The first-order valence-corrected chi connectivity index (χ1v) is 13.3. The lowest BCUT2D eigenvalue weighted by molar-refractivity contribution is 0.288. The van der Waals surface area contributed by atoms with Crippen LogP contribution in [-0.2, 0) is 4.43 Å². The Bertz CT molecular complexity index is 197. The van der Waals surface area contributed by atoms with E-state index < -0.39 is 14.3 Å². The fourth-order valence-electron chi connectivity index (χ4n) is 0.816. The maximum Gasteiger partial charge on any atom is 0.341 e. The summed E-state index contributed by atoms with van der Waals surface area (Å²) < 4.78 is 5.97. The van der Waals surface area contributed by atoms with Crippen LogP contribution in [0.2, 0.25) is 24.2 Å². The summed E-state index contributed by atoms with van der Waals surface area (Å²) in [6, 6.07) is -1.76. The molecule has 0 N–H and O–H groups in total. The normalized spacial score (nSPS) is 14.4. The summed E-state index contributed by atoms with van der Waals surface area (Å²) in [5.41, 5.74) is 0. The zero-order chi connectivity index (χ0) is 12.3.